The van der Waals surface area contributed by atoms with Crippen molar-refractivity contribution in [2.45, 2.75) is 39.2 Å². The van der Waals surface area contributed by atoms with E-state index in [0.29, 0.717) is 41.8 Å². The molecule has 1 aromatic carbocycles. The van der Waals surface area contributed by atoms with E-state index < -0.39 is 0 Å². The minimum absolute atomic E-state index is 0.0529. The monoisotopic (exact) mass is 340 g/mol. The molecule has 0 aliphatic carbocycles. The number of hydrogen-bond donors (Lipinski definition) is 1. The summed E-state index contributed by atoms with van der Waals surface area (Å²) in [5.74, 6) is 0.965. The van der Waals surface area contributed by atoms with Gasteiger partial charge in [-0.3, -0.25) is 4.79 Å². The fraction of sp³-hybridized carbons (Fsp3) is 0.588. The Balaban J connectivity index is 2.30. The van der Waals surface area contributed by atoms with Gasteiger partial charge in [-0.1, -0.05) is 18.5 Å². The second kappa shape index (κ2) is 8.41. The third kappa shape index (κ3) is 4.09. The maximum Gasteiger partial charge on any atom is 0.254 e. The van der Waals surface area contributed by atoms with Crippen molar-refractivity contribution in [3.05, 3.63) is 22.7 Å². The van der Waals surface area contributed by atoms with Crippen molar-refractivity contribution in [3.63, 3.8) is 0 Å². The van der Waals surface area contributed by atoms with Crippen LogP contribution in [0.4, 0.5) is 0 Å². The number of hydrogen-bond acceptors (Lipinski definition) is 4. The quantitative estimate of drug-likeness (QED) is 0.828. The Morgan fingerprint density at radius 3 is 2.83 bits per heavy atom. The first-order chi connectivity index (χ1) is 11.1. The molecule has 1 heterocycles. The molecule has 0 radical (unpaired) electrons. The van der Waals surface area contributed by atoms with Crippen molar-refractivity contribution in [3.8, 4) is 11.5 Å². The third-order valence-corrected chi connectivity index (χ3v) is 4.20. The first kappa shape index (κ1) is 17.9. The molecular formula is C17H25ClN2O3. The average molecular weight is 341 g/mol. The maximum absolute atomic E-state index is 12.8. The molecule has 1 aliphatic rings. The summed E-state index contributed by atoms with van der Waals surface area (Å²) in [6.45, 7) is 6.15. The molecule has 1 aliphatic heterocycles. The zero-order chi connectivity index (χ0) is 16.8. The summed E-state index contributed by atoms with van der Waals surface area (Å²) in [4.78, 5) is 14.6. The van der Waals surface area contributed by atoms with Gasteiger partial charge in [-0.15, -0.1) is 0 Å². The van der Waals surface area contributed by atoms with Gasteiger partial charge in [0.25, 0.3) is 5.91 Å². The van der Waals surface area contributed by atoms with Crippen LogP contribution in [-0.2, 0) is 0 Å². The Morgan fingerprint density at radius 1 is 1.39 bits per heavy atom. The van der Waals surface area contributed by atoms with E-state index in [9.17, 15) is 4.79 Å². The lowest BCUT2D eigenvalue weighted by Gasteiger charge is -2.24. The van der Waals surface area contributed by atoms with Crippen LogP contribution in [0.2, 0.25) is 5.02 Å². The molecule has 1 unspecified atom stereocenters. The first-order valence-corrected chi connectivity index (χ1v) is 8.60. The van der Waals surface area contributed by atoms with Crippen LogP contribution in [0.3, 0.4) is 0 Å². The summed E-state index contributed by atoms with van der Waals surface area (Å²) in [6.07, 6.45) is 2.80. The number of likely N-dealkylation sites (tertiary alicyclic amines) is 1. The molecule has 1 fully saturated rings. The molecule has 1 aromatic rings. The van der Waals surface area contributed by atoms with E-state index in [1.165, 1.54) is 0 Å². The highest BCUT2D eigenvalue weighted by atomic mass is 35.5. The molecule has 1 saturated heterocycles. The zero-order valence-electron chi connectivity index (χ0n) is 13.8. The fourth-order valence-electron chi connectivity index (χ4n) is 2.81. The number of ether oxygens (including phenoxy) is 2. The van der Waals surface area contributed by atoms with E-state index in [0.717, 1.165) is 25.8 Å². The predicted molar refractivity (Wildman–Crippen MR) is 91.5 cm³/mol. The standard InChI is InChI=1S/C17H25ClN2O3/c1-3-8-23-16-14(18)9-12(10-15(16)22-4-2)17(21)20-7-5-6-13(20)11-19/h9-10,13H,3-8,11,19H2,1-2H3. The lowest BCUT2D eigenvalue weighted by molar-refractivity contribution is 0.0740. The number of nitrogens with zero attached hydrogens (tertiary/aromatic N) is 1. The van der Waals surface area contributed by atoms with E-state index in [1.54, 1.807) is 12.1 Å². The number of carbonyl (C=O) groups excluding carboxylic acids is 1. The van der Waals surface area contributed by atoms with Crippen LogP contribution in [-0.4, -0.2) is 43.2 Å². The third-order valence-electron chi connectivity index (χ3n) is 3.92. The van der Waals surface area contributed by atoms with Crippen molar-refractivity contribution in [2.24, 2.45) is 5.73 Å². The molecule has 2 N–H and O–H groups in total. The Morgan fingerprint density at radius 2 is 2.17 bits per heavy atom. The number of nitrogens with two attached hydrogens (primary N) is 1. The number of halogens is 1. The van der Waals surface area contributed by atoms with Gasteiger partial charge in [0.1, 0.15) is 0 Å². The molecule has 5 nitrogen and oxygen atoms in total. The smallest absolute Gasteiger partial charge is 0.254 e. The summed E-state index contributed by atoms with van der Waals surface area (Å²) in [7, 11) is 0. The van der Waals surface area contributed by atoms with Crippen LogP contribution in [0, 0.1) is 0 Å². The van der Waals surface area contributed by atoms with Gasteiger partial charge in [-0.25, -0.2) is 0 Å². The second-order valence-corrected chi connectivity index (χ2v) is 6.00. The van der Waals surface area contributed by atoms with E-state index in [-0.39, 0.29) is 11.9 Å². The van der Waals surface area contributed by atoms with Crippen molar-refractivity contribution in [1.82, 2.24) is 4.90 Å². The minimum Gasteiger partial charge on any atom is -0.490 e. The number of rotatable bonds is 7. The lowest BCUT2D eigenvalue weighted by atomic mass is 10.1. The topological polar surface area (TPSA) is 64.8 Å². The molecule has 6 heteroatoms. The molecule has 0 bridgehead atoms. The highest BCUT2D eigenvalue weighted by Crippen LogP contribution is 2.37. The van der Waals surface area contributed by atoms with Gasteiger partial charge in [-0.2, -0.15) is 0 Å². The van der Waals surface area contributed by atoms with Crippen molar-refractivity contribution in [1.29, 1.82) is 0 Å². The number of benzene rings is 1. The largest absolute Gasteiger partial charge is 0.490 e. The molecular weight excluding hydrogens is 316 g/mol. The van der Waals surface area contributed by atoms with Crippen molar-refractivity contribution < 1.29 is 14.3 Å². The molecule has 128 valence electrons. The van der Waals surface area contributed by atoms with E-state index >= 15 is 0 Å². The Labute approximate surface area is 142 Å². The van der Waals surface area contributed by atoms with Gasteiger partial charge in [0, 0.05) is 24.7 Å². The fourth-order valence-corrected chi connectivity index (χ4v) is 3.08. The van der Waals surface area contributed by atoms with Gasteiger partial charge in [0.05, 0.1) is 18.2 Å². The minimum atomic E-state index is -0.0529. The average Bonchev–Trinajstić information content (AvgIpc) is 3.02. The van der Waals surface area contributed by atoms with Crippen molar-refractivity contribution in [2.75, 3.05) is 26.3 Å². The maximum atomic E-state index is 12.8. The van der Waals surface area contributed by atoms with Crippen LogP contribution in [0.5, 0.6) is 11.5 Å². The zero-order valence-corrected chi connectivity index (χ0v) is 14.6. The van der Waals surface area contributed by atoms with E-state index in [2.05, 4.69) is 0 Å². The molecule has 0 aromatic heterocycles. The predicted octanol–water partition coefficient (Wildman–Crippen LogP) is 3.09. The van der Waals surface area contributed by atoms with Gasteiger partial charge < -0.3 is 20.1 Å². The van der Waals surface area contributed by atoms with Crippen LogP contribution in [0.1, 0.15) is 43.5 Å². The van der Waals surface area contributed by atoms with Gasteiger partial charge >= 0.3 is 0 Å². The Kier molecular flexibility index (Phi) is 6.54. The number of carbonyl (C=O) groups is 1. The van der Waals surface area contributed by atoms with Gasteiger partial charge in [0.15, 0.2) is 11.5 Å². The summed E-state index contributed by atoms with van der Waals surface area (Å²) < 4.78 is 11.3. The normalized spacial score (nSPS) is 17.4. The summed E-state index contributed by atoms with van der Waals surface area (Å²) in [5, 5.41) is 0.399. The van der Waals surface area contributed by atoms with Crippen LogP contribution in [0.15, 0.2) is 12.1 Å². The highest BCUT2D eigenvalue weighted by Gasteiger charge is 2.29. The lowest BCUT2D eigenvalue weighted by Crippen LogP contribution is -2.39. The number of amides is 1. The molecule has 1 atom stereocenters. The first-order valence-electron chi connectivity index (χ1n) is 8.22. The highest BCUT2D eigenvalue weighted by molar-refractivity contribution is 6.32. The van der Waals surface area contributed by atoms with Crippen molar-refractivity contribution >= 4 is 17.5 Å². The summed E-state index contributed by atoms with van der Waals surface area (Å²) in [5.41, 5.74) is 6.28. The molecule has 1 amide bonds. The van der Waals surface area contributed by atoms with E-state index in [4.69, 9.17) is 26.8 Å². The summed E-state index contributed by atoms with van der Waals surface area (Å²) in [6, 6.07) is 3.48. The summed E-state index contributed by atoms with van der Waals surface area (Å²) >= 11 is 6.33. The van der Waals surface area contributed by atoms with E-state index in [1.807, 2.05) is 18.7 Å². The Hall–Kier alpha value is -1.46. The van der Waals surface area contributed by atoms with Crippen LogP contribution in [0.25, 0.3) is 0 Å². The molecule has 0 saturated carbocycles. The van der Waals surface area contributed by atoms with Crippen LogP contribution < -0.4 is 15.2 Å². The van der Waals surface area contributed by atoms with Gasteiger partial charge in [0.2, 0.25) is 0 Å². The molecule has 0 spiro atoms. The molecule has 2 rings (SSSR count). The van der Waals surface area contributed by atoms with Gasteiger partial charge in [-0.05, 0) is 38.3 Å². The Bertz CT molecular complexity index is 551. The second-order valence-electron chi connectivity index (χ2n) is 5.60. The SMILES string of the molecule is CCCOc1c(Cl)cc(C(=O)N2CCCC2CN)cc1OCC. The molecule has 23 heavy (non-hydrogen) atoms. The van der Waals surface area contributed by atoms with Crippen LogP contribution >= 0.6 is 11.6 Å².